The summed E-state index contributed by atoms with van der Waals surface area (Å²) >= 11 is 0. The number of piperidine rings is 1. The van der Waals surface area contributed by atoms with Gasteiger partial charge in [-0.2, -0.15) is 0 Å². The van der Waals surface area contributed by atoms with Crippen LogP contribution in [0.5, 0.6) is 0 Å². The summed E-state index contributed by atoms with van der Waals surface area (Å²) in [5.74, 6) is 0. The van der Waals surface area contributed by atoms with Gasteiger partial charge in [-0.15, -0.1) is 0 Å². The third-order valence-electron chi connectivity index (χ3n) is 2.50. The Kier molecular flexibility index (Phi) is 3.87. The summed E-state index contributed by atoms with van der Waals surface area (Å²) < 4.78 is 0. The van der Waals surface area contributed by atoms with Crippen LogP contribution < -0.4 is 11.1 Å². The summed E-state index contributed by atoms with van der Waals surface area (Å²) in [6.45, 7) is 3.05. The van der Waals surface area contributed by atoms with Crippen LogP contribution in [0.3, 0.4) is 0 Å². The first-order valence-electron chi connectivity index (χ1n) is 4.83. The molecule has 0 radical (unpaired) electrons. The average molecular weight is 156 g/mol. The molecular weight excluding hydrogens is 136 g/mol. The number of hydrogen-bond donors (Lipinski definition) is 2. The molecule has 2 atom stereocenters. The summed E-state index contributed by atoms with van der Waals surface area (Å²) in [7, 11) is 0. The second-order valence-electron chi connectivity index (χ2n) is 3.52. The van der Waals surface area contributed by atoms with Crippen molar-refractivity contribution in [3.8, 4) is 0 Å². The standard InChI is InChI=1S/C9H20N2/c1-2-4-8-5-3-6-9(7-10)11-8/h8-9,11H,2-7,10H2,1H3. The minimum Gasteiger partial charge on any atom is -0.329 e. The zero-order chi connectivity index (χ0) is 8.10. The van der Waals surface area contributed by atoms with E-state index in [9.17, 15) is 0 Å². The molecule has 1 aliphatic rings. The highest BCUT2D eigenvalue weighted by Gasteiger charge is 2.18. The van der Waals surface area contributed by atoms with E-state index >= 15 is 0 Å². The molecule has 0 aromatic carbocycles. The van der Waals surface area contributed by atoms with Gasteiger partial charge in [-0.1, -0.05) is 19.8 Å². The van der Waals surface area contributed by atoms with Crippen LogP contribution in [0.25, 0.3) is 0 Å². The Morgan fingerprint density at radius 2 is 2.09 bits per heavy atom. The summed E-state index contributed by atoms with van der Waals surface area (Å²) in [4.78, 5) is 0. The molecule has 0 spiro atoms. The van der Waals surface area contributed by atoms with Gasteiger partial charge in [0.05, 0.1) is 0 Å². The molecule has 2 unspecified atom stereocenters. The van der Waals surface area contributed by atoms with Gasteiger partial charge >= 0.3 is 0 Å². The largest absolute Gasteiger partial charge is 0.329 e. The van der Waals surface area contributed by atoms with E-state index in [1.807, 2.05) is 0 Å². The third-order valence-corrected chi connectivity index (χ3v) is 2.50. The fourth-order valence-corrected chi connectivity index (χ4v) is 1.87. The van der Waals surface area contributed by atoms with Crippen molar-refractivity contribution >= 4 is 0 Å². The second kappa shape index (κ2) is 4.73. The Labute approximate surface area is 69.5 Å². The molecular formula is C9H20N2. The van der Waals surface area contributed by atoms with Gasteiger partial charge in [-0.25, -0.2) is 0 Å². The van der Waals surface area contributed by atoms with E-state index < -0.39 is 0 Å². The Morgan fingerprint density at radius 1 is 1.36 bits per heavy atom. The Balaban J connectivity index is 2.21. The lowest BCUT2D eigenvalue weighted by Gasteiger charge is -2.30. The van der Waals surface area contributed by atoms with E-state index in [4.69, 9.17) is 5.73 Å². The molecule has 0 aliphatic carbocycles. The number of nitrogens with one attached hydrogen (secondary N) is 1. The smallest absolute Gasteiger partial charge is 0.0192 e. The summed E-state index contributed by atoms with van der Waals surface area (Å²) in [5, 5.41) is 3.58. The van der Waals surface area contributed by atoms with Crippen molar-refractivity contribution < 1.29 is 0 Å². The van der Waals surface area contributed by atoms with Crippen LogP contribution in [-0.2, 0) is 0 Å². The molecule has 1 aliphatic heterocycles. The van der Waals surface area contributed by atoms with Crippen molar-refractivity contribution in [3.05, 3.63) is 0 Å². The first-order chi connectivity index (χ1) is 5.36. The van der Waals surface area contributed by atoms with Crippen molar-refractivity contribution in [3.63, 3.8) is 0 Å². The Hall–Kier alpha value is -0.0800. The molecule has 3 N–H and O–H groups in total. The summed E-state index contributed by atoms with van der Waals surface area (Å²) in [6, 6.07) is 1.35. The molecule has 2 nitrogen and oxygen atoms in total. The molecule has 1 heterocycles. The average Bonchev–Trinajstić information content (AvgIpc) is 2.06. The van der Waals surface area contributed by atoms with E-state index in [1.54, 1.807) is 0 Å². The van der Waals surface area contributed by atoms with Gasteiger partial charge in [0.2, 0.25) is 0 Å². The number of nitrogens with two attached hydrogens (primary N) is 1. The lowest BCUT2D eigenvalue weighted by Crippen LogP contribution is -2.45. The predicted octanol–water partition coefficient (Wildman–Crippen LogP) is 1.26. The van der Waals surface area contributed by atoms with Crippen LogP contribution in [-0.4, -0.2) is 18.6 Å². The van der Waals surface area contributed by atoms with E-state index in [0.29, 0.717) is 6.04 Å². The molecule has 1 saturated heterocycles. The fourth-order valence-electron chi connectivity index (χ4n) is 1.87. The maximum Gasteiger partial charge on any atom is 0.0192 e. The van der Waals surface area contributed by atoms with E-state index in [0.717, 1.165) is 12.6 Å². The van der Waals surface area contributed by atoms with Gasteiger partial charge < -0.3 is 11.1 Å². The molecule has 0 bridgehead atoms. The lowest BCUT2D eigenvalue weighted by molar-refractivity contribution is 0.310. The van der Waals surface area contributed by atoms with Crippen LogP contribution in [0.4, 0.5) is 0 Å². The molecule has 2 heteroatoms. The van der Waals surface area contributed by atoms with Gasteiger partial charge in [0.25, 0.3) is 0 Å². The molecule has 1 rings (SSSR count). The maximum atomic E-state index is 5.60. The van der Waals surface area contributed by atoms with Crippen molar-refractivity contribution in [2.24, 2.45) is 5.73 Å². The van der Waals surface area contributed by atoms with Gasteiger partial charge in [0, 0.05) is 18.6 Å². The van der Waals surface area contributed by atoms with Crippen molar-refractivity contribution in [1.29, 1.82) is 0 Å². The van der Waals surface area contributed by atoms with E-state index in [-0.39, 0.29) is 0 Å². The van der Waals surface area contributed by atoms with Crippen LogP contribution in [0.2, 0.25) is 0 Å². The predicted molar refractivity (Wildman–Crippen MR) is 48.5 cm³/mol. The summed E-state index contributed by atoms with van der Waals surface area (Å²) in [6.07, 6.45) is 6.59. The Bertz CT molecular complexity index is 102. The molecule has 0 aromatic heterocycles. The number of hydrogen-bond acceptors (Lipinski definition) is 2. The lowest BCUT2D eigenvalue weighted by atomic mass is 9.96. The fraction of sp³-hybridized carbons (Fsp3) is 1.00. The second-order valence-corrected chi connectivity index (χ2v) is 3.52. The van der Waals surface area contributed by atoms with Crippen molar-refractivity contribution in [2.45, 2.75) is 51.1 Å². The number of rotatable bonds is 3. The van der Waals surface area contributed by atoms with Crippen LogP contribution in [0.15, 0.2) is 0 Å². The normalized spacial score (nSPS) is 32.2. The van der Waals surface area contributed by atoms with E-state index in [2.05, 4.69) is 12.2 Å². The minimum absolute atomic E-state index is 0.597. The van der Waals surface area contributed by atoms with Crippen LogP contribution in [0, 0.1) is 0 Å². The Morgan fingerprint density at radius 3 is 2.73 bits per heavy atom. The highest BCUT2D eigenvalue weighted by atomic mass is 15.0. The minimum atomic E-state index is 0.597. The molecule has 1 fully saturated rings. The third kappa shape index (κ3) is 2.80. The zero-order valence-electron chi connectivity index (χ0n) is 7.47. The highest BCUT2D eigenvalue weighted by Crippen LogP contribution is 2.15. The van der Waals surface area contributed by atoms with Crippen molar-refractivity contribution in [2.75, 3.05) is 6.54 Å². The van der Waals surface area contributed by atoms with Crippen LogP contribution in [0.1, 0.15) is 39.0 Å². The molecule has 0 saturated carbocycles. The molecule has 0 aromatic rings. The van der Waals surface area contributed by atoms with E-state index in [1.165, 1.54) is 32.1 Å². The SMILES string of the molecule is CCCC1CCCC(CN)N1. The van der Waals surface area contributed by atoms with Crippen LogP contribution >= 0.6 is 0 Å². The van der Waals surface area contributed by atoms with Gasteiger partial charge in [0.15, 0.2) is 0 Å². The molecule has 66 valence electrons. The first kappa shape index (κ1) is 9.01. The van der Waals surface area contributed by atoms with Gasteiger partial charge in [-0.05, 0) is 19.3 Å². The van der Waals surface area contributed by atoms with Gasteiger partial charge in [0.1, 0.15) is 0 Å². The topological polar surface area (TPSA) is 38.0 Å². The first-order valence-corrected chi connectivity index (χ1v) is 4.83. The summed E-state index contributed by atoms with van der Waals surface area (Å²) in [5.41, 5.74) is 5.60. The quantitative estimate of drug-likeness (QED) is 0.645. The van der Waals surface area contributed by atoms with Gasteiger partial charge in [-0.3, -0.25) is 0 Å². The monoisotopic (exact) mass is 156 g/mol. The maximum absolute atomic E-state index is 5.60. The highest BCUT2D eigenvalue weighted by molar-refractivity contribution is 4.80. The molecule has 0 amide bonds. The zero-order valence-corrected chi connectivity index (χ0v) is 7.47. The van der Waals surface area contributed by atoms with Crippen molar-refractivity contribution in [1.82, 2.24) is 5.32 Å². The molecule has 11 heavy (non-hydrogen) atoms.